The zero-order valence-electron chi connectivity index (χ0n) is 17.7. The molecule has 1 aromatic heterocycles. The number of carbonyl (C=O) groups excluding carboxylic acids is 1. The van der Waals surface area contributed by atoms with Gasteiger partial charge in [0, 0.05) is 18.8 Å². The summed E-state index contributed by atoms with van der Waals surface area (Å²) in [5.41, 5.74) is 3.47. The lowest BCUT2D eigenvalue weighted by Crippen LogP contribution is -2.36. The number of aryl methyl sites for hydroxylation is 1. The fourth-order valence-electron chi connectivity index (χ4n) is 4.08. The van der Waals surface area contributed by atoms with E-state index in [2.05, 4.69) is 11.9 Å². The van der Waals surface area contributed by atoms with Gasteiger partial charge in [-0.2, -0.15) is 0 Å². The average molecular weight is 409 g/mol. The molecule has 0 saturated carbocycles. The molecule has 0 aliphatic heterocycles. The van der Waals surface area contributed by atoms with Crippen molar-refractivity contribution in [2.75, 3.05) is 13.2 Å². The number of nitrogens with zero attached hydrogens (tertiary/aromatic N) is 1. The first-order chi connectivity index (χ1) is 14.7. The molecule has 1 amide bonds. The Morgan fingerprint density at radius 1 is 1.13 bits per heavy atom. The number of benzene rings is 1. The number of hydrogen-bond acceptors (Lipinski definition) is 3. The maximum absolute atomic E-state index is 13.2. The number of rotatable bonds is 9. The number of fused-ring (bicyclic) bond motifs is 1. The van der Waals surface area contributed by atoms with E-state index < -0.39 is 0 Å². The largest absolute Gasteiger partial charge is 0.502 e. The van der Waals surface area contributed by atoms with Crippen molar-refractivity contribution in [2.45, 2.75) is 57.9 Å². The molecule has 5 heteroatoms. The van der Waals surface area contributed by atoms with Crippen molar-refractivity contribution in [1.82, 2.24) is 9.88 Å². The van der Waals surface area contributed by atoms with E-state index in [1.807, 2.05) is 41.0 Å². The molecule has 1 aromatic carbocycles. The zero-order valence-corrected chi connectivity index (χ0v) is 17.7. The summed E-state index contributed by atoms with van der Waals surface area (Å²) in [5, 5.41) is 2.94. The third-order valence-electron chi connectivity index (χ3n) is 5.65. The highest BCUT2D eigenvalue weighted by Gasteiger charge is 2.20. The molecule has 1 heterocycles. The average Bonchev–Trinajstić information content (AvgIpc) is 2.74. The molecular weight excluding hydrogens is 376 g/mol. The summed E-state index contributed by atoms with van der Waals surface area (Å²) >= 11 is 0. The van der Waals surface area contributed by atoms with Gasteiger partial charge in [0.15, 0.2) is 0 Å². The normalized spacial score (nSPS) is 13.6. The van der Waals surface area contributed by atoms with Gasteiger partial charge in [-0.05, 0) is 55.7 Å². The molecule has 0 bridgehead atoms. The summed E-state index contributed by atoms with van der Waals surface area (Å²) in [7, 11) is 0. The third-order valence-corrected chi connectivity index (χ3v) is 5.65. The number of ether oxygens (including phenoxy) is 1. The molecule has 1 aliphatic carbocycles. The first kappa shape index (κ1) is 21.9. The molecule has 0 fully saturated rings. The molecule has 1 N–H and O–H groups in total. The fourth-order valence-corrected chi connectivity index (χ4v) is 4.08. The molecule has 0 saturated heterocycles. The number of nitrogens with one attached hydrogen (secondary N) is 1. The van der Waals surface area contributed by atoms with E-state index >= 15 is 0 Å². The van der Waals surface area contributed by atoms with Gasteiger partial charge in [-0.1, -0.05) is 49.8 Å². The van der Waals surface area contributed by atoms with E-state index in [0.29, 0.717) is 26.1 Å². The van der Waals surface area contributed by atoms with Crippen LogP contribution in [0.15, 0.2) is 54.0 Å². The van der Waals surface area contributed by atoms with Gasteiger partial charge in [0.25, 0.3) is 11.5 Å². The Labute approximate surface area is 178 Å². The van der Waals surface area contributed by atoms with E-state index in [4.69, 9.17) is 4.74 Å². The Balaban J connectivity index is 1.79. The Hall–Kier alpha value is -2.82. The first-order valence-corrected chi connectivity index (χ1v) is 11.0. The van der Waals surface area contributed by atoms with E-state index in [1.165, 1.54) is 19.1 Å². The third kappa shape index (κ3) is 5.85. The minimum atomic E-state index is -0.281. The minimum absolute atomic E-state index is 0.190. The smallest absolute Gasteiger partial charge is 0.263 e. The van der Waals surface area contributed by atoms with Crippen molar-refractivity contribution in [3.63, 3.8) is 0 Å². The van der Waals surface area contributed by atoms with Crippen LogP contribution in [0.1, 0.15) is 59.3 Å². The zero-order chi connectivity index (χ0) is 21.2. The van der Waals surface area contributed by atoms with E-state index in [9.17, 15) is 9.59 Å². The summed E-state index contributed by atoms with van der Waals surface area (Å²) in [6.45, 7) is 5.13. The second kappa shape index (κ2) is 11.4. The number of aromatic nitrogens is 1. The molecular formula is C25H32N2O3. The summed E-state index contributed by atoms with van der Waals surface area (Å²) in [4.78, 5) is 26.1. The van der Waals surface area contributed by atoms with Crippen LogP contribution in [0.3, 0.4) is 0 Å². The molecule has 0 atom stereocenters. The molecule has 2 aromatic rings. The molecule has 0 spiro atoms. The van der Waals surface area contributed by atoms with Crippen LogP contribution in [-0.4, -0.2) is 23.6 Å². The van der Waals surface area contributed by atoms with Crippen molar-refractivity contribution in [3.8, 4) is 0 Å². The van der Waals surface area contributed by atoms with Crippen LogP contribution in [0, 0.1) is 0 Å². The molecule has 160 valence electrons. The lowest BCUT2D eigenvalue weighted by molar-refractivity contribution is 0.0951. The van der Waals surface area contributed by atoms with Crippen molar-refractivity contribution in [2.24, 2.45) is 0 Å². The van der Waals surface area contributed by atoms with Crippen LogP contribution in [0.25, 0.3) is 0 Å². The quantitative estimate of drug-likeness (QED) is 0.503. The predicted octanol–water partition coefficient (Wildman–Crippen LogP) is 4.03. The summed E-state index contributed by atoms with van der Waals surface area (Å²) in [5.74, 6) is -0.281. The Kier molecular flexibility index (Phi) is 8.30. The molecule has 1 aliphatic rings. The van der Waals surface area contributed by atoms with Gasteiger partial charge in [0.05, 0.1) is 12.9 Å². The predicted molar refractivity (Wildman–Crippen MR) is 120 cm³/mol. The van der Waals surface area contributed by atoms with Crippen LogP contribution >= 0.6 is 0 Å². The maximum atomic E-state index is 13.2. The summed E-state index contributed by atoms with van der Waals surface area (Å²) < 4.78 is 7.04. The van der Waals surface area contributed by atoms with Gasteiger partial charge >= 0.3 is 0 Å². The number of pyridine rings is 1. The van der Waals surface area contributed by atoms with Crippen molar-refractivity contribution < 1.29 is 9.53 Å². The van der Waals surface area contributed by atoms with Crippen molar-refractivity contribution in [3.05, 3.63) is 82.0 Å². The second-order valence-electron chi connectivity index (χ2n) is 7.78. The highest BCUT2D eigenvalue weighted by Crippen LogP contribution is 2.20. The summed E-state index contributed by atoms with van der Waals surface area (Å²) in [6.07, 6.45) is 9.25. The molecule has 30 heavy (non-hydrogen) atoms. The number of hydrogen-bond donors (Lipinski definition) is 1. The van der Waals surface area contributed by atoms with Crippen LogP contribution in [0.4, 0.5) is 0 Å². The van der Waals surface area contributed by atoms with Crippen LogP contribution in [0.2, 0.25) is 0 Å². The Morgan fingerprint density at radius 2 is 1.90 bits per heavy atom. The number of amides is 1. The van der Waals surface area contributed by atoms with Crippen LogP contribution in [-0.2, 0) is 30.5 Å². The van der Waals surface area contributed by atoms with Crippen molar-refractivity contribution >= 4 is 5.91 Å². The first-order valence-electron chi connectivity index (χ1n) is 11.0. The second-order valence-corrected chi connectivity index (χ2v) is 7.78. The number of carbonyl (C=O) groups is 1. The SMILES string of the molecule is C=COCCCn1c2c(cc(C(=O)NCCc3ccccc3)c1=O)CCCCCC2. The van der Waals surface area contributed by atoms with Gasteiger partial charge in [-0.25, -0.2) is 0 Å². The fraction of sp³-hybridized carbons (Fsp3) is 0.440. The monoisotopic (exact) mass is 408 g/mol. The van der Waals surface area contributed by atoms with Gasteiger partial charge in [-0.15, -0.1) is 0 Å². The molecule has 0 radical (unpaired) electrons. The Bertz CT molecular complexity index is 903. The maximum Gasteiger partial charge on any atom is 0.263 e. The highest BCUT2D eigenvalue weighted by molar-refractivity contribution is 5.94. The molecule has 0 unspecified atom stereocenters. The molecule has 3 rings (SSSR count). The van der Waals surface area contributed by atoms with E-state index in [0.717, 1.165) is 48.9 Å². The lowest BCUT2D eigenvalue weighted by atomic mass is 9.95. The Morgan fingerprint density at radius 3 is 2.67 bits per heavy atom. The van der Waals surface area contributed by atoms with Gasteiger partial charge in [-0.3, -0.25) is 9.59 Å². The van der Waals surface area contributed by atoms with Gasteiger partial charge in [0.1, 0.15) is 5.56 Å². The minimum Gasteiger partial charge on any atom is -0.502 e. The van der Waals surface area contributed by atoms with E-state index in [-0.39, 0.29) is 17.0 Å². The lowest BCUT2D eigenvalue weighted by Gasteiger charge is -2.21. The van der Waals surface area contributed by atoms with Gasteiger partial charge < -0.3 is 14.6 Å². The highest BCUT2D eigenvalue weighted by atomic mass is 16.5. The topological polar surface area (TPSA) is 60.3 Å². The summed E-state index contributed by atoms with van der Waals surface area (Å²) in [6, 6.07) is 11.9. The van der Waals surface area contributed by atoms with Crippen LogP contribution < -0.4 is 10.9 Å². The van der Waals surface area contributed by atoms with Gasteiger partial charge in [0.2, 0.25) is 0 Å². The molecule has 5 nitrogen and oxygen atoms in total. The van der Waals surface area contributed by atoms with E-state index in [1.54, 1.807) is 0 Å². The standard InChI is InChI=1S/C25H32N2O3/c1-2-30-18-10-17-27-23-14-9-4-3-8-13-21(23)19-22(25(27)29)24(28)26-16-15-20-11-6-5-7-12-20/h2,5-7,11-12,19H,1,3-4,8-10,13-18H2,(H,26,28). The van der Waals surface area contributed by atoms with Crippen molar-refractivity contribution in [1.29, 1.82) is 0 Å². The van der Waals surface area contributed by atoms with Crippen LogP contribution in [0.5, 0.6) is 0 Å².